The molecule has 0 saturated carbocycles. The zero-order chi connectivity index (χ0) is 23.8. The first-order valence-corrected chi connectivity index (χ1v) is 12.0. The number of nitrogens with zero attached hydrogens (tertiary/aromatic N) is 2. The second-order valence-corrected chi connectivity index (χ2v) is 8.84. The van der Waals surface area contributed by atoms with Crippen LogP contribution in [0.1, 0.15) is 55.2 Å². The minimum atomic E-state index is -0.230. The van der Waals surface area contributed by atoms with Crippen molar-refractivity contribution >= 4 is 30.8 Å². The Kier molecular flexibility index (Phi) is 12.0. The summed E-state index contributed by atoms with van der Waals surface area (Å²) in [4.78, 5) is 36.3. The molecule has 0 spiro atoms. The number of ether oxygens (including phenoxy) is 1. The van der Waals surface area contributed by atoms with Crippen molar-refractivity contribution in [2.45, 2.75) is 45.1 Å². The molecule has 1 aromatic carbocycles. The number of piperidine rings is 1. The smallest absolute Gasteiger partial charge is 0.256 e. The molecule has 4 rings (SSSR count). The van der Waals surface area contributed by atoms with Gasteiger partial charge in [-0.2, -0.15) is 0 Å². The van der Waals surface area contributed by atoms with Gasteiger partial charge in [0.25, 0.3) is 5.56 Å². The molecule has 1 unspecified atom stereocenters. The average Bonchev–Trinajstić information content (AvgIpc) is 2.84. The van der Waals surface area contributed by atoms with Crippen molar-refractivity contribution in [1.82, 2.24) is 19.9 Å². The maximum absolute atomic E-state index is 12.5. The maximum atomic E-state index is 12.5. The number of hydrogen-bond donors (Lipinski definition) is 3. The average molecular weight is 537 g/mol. The van der Waals surface area contributed by atoms with Crippen molar-refractivity contribution in [3.05, 3.63) is 86.2 Å². The van der Waals surface area contributed by atoms with E-state index in [0.717, 1.165) is 24.3 Å². The Hall–Kier alpha value is -2.81. The van der Waals surface area contributed by atoms with Gasteiger partial charge in [-0.05, 0) is 61.7 Å². The normalized spacial score (nSPS) is 14.2. The zero-order valence-electron chi connectivity index (χ0n) is 20.5. The molecule has 1 fully saturated rings. The first-order valence-electron chi connectivity index (χ1n) is 12.0. The van der Waals surface area contributed by atoms with E-state index in [4.69, 9.17) is 4.74 Å². The number of H-pyrrole nitrogens is 2. The van der Waals surface area contributed by atoms with E-state index >= 15 is 0 Å². The van der Waals surface area contributed by atoms with Crippen molar-refractivity contribution in [1.29, 1.82) is 0 Å². The summed E-state index contributed by atoms with van der Waals surface area (Å²) in [5.74, 6) is 1.08. The molecule has 3 heterocycles. The summed E-state index contributed by atoms with van der Waals surface area (Å²) in [6, 6.07) is 11.6. The van der Waals surface area contributed by atoms with Crippen LogP contribution < -0.4 is 21.2 Å². The number of pyridine rings is 1. The Morgan fingerprint density at radius 1 is 1.11 bits per heavy atom. The lowest BCUT2D eigenvalue weighted by Gasteiger charge is -2.26. The van der Waals surface area contributed by atoms with Crippen LogP contribution in [0.3, 0.4) is 0 Å². The predicted octanol–water partition coefficient (Wildman–Crippen LogP) is 4.32. The molecule has 0 aliphatic carbocycles. The highest BCUT2D eigenvalue weighted by Gasteiger charge is 2.14. The van der Waals surface area contributed by atoms with E-state index in [2.05, 4.69) is 43.4 Å². The molecule has 196 valence electrons. The van der Waals surface area contributed by atoms with Gasteiger partial charge in [0.05, 0.1) is 6.61 Å². The van der Waals surface area contributed by atoms with E-state index in [0.29, 0.717) is 24.7 Å². The highest BCUT2D eigenvalue weighted by atomic mass is 35.5. The molecule has 3 N–H and O–H groups in total. The molecule has 10 heteroatoms. The van der Waals surface area contributed by atoms with Crippen LogP contribution >= 0.6 is 24.8 Å². The topological polar surface area (TPSA) is 103 Å². The summed E-state index contributed by atoms with van der Waals surface area (Å²) < 4.78 is 5.93. The first-order chi connectivity index (χ1) is 16.6. The fraction of sp³-hybridized carbons (Fsp3) is 0.423. The second-order valence-electron chi connectivity index (χ2n) is 8.84. The van der Waals surface area contributed by atoms with E-state index in [1.807, 2.05) is 13.0 Å². The van der Waals surface area contributed by atoms with E-state index in [9.17, 15) is 9.59 Å². The summed E-state index contributed by atoms with van der Waals surface area (Å²) >= 11 is 0. The SMILES string of the molecule is CC(c1cc[nH]c(=O)c1)c1cnc(NCCCOc2cccc(CN3CCCCC3)c2)[nH]c1=O.Cl.Cl. The third-order valence-electron chi connectivity index (χ3n) is 6.23. The van der Waals surface area contributed by atoms with Crippen molar-refractivity contribution in [2.75, 3.05) is 31.6 Å². The van der Waals surface area contributed by atoms with Crippen LogP contribution in [0.4, 0.5) is 5.95 Å². The Balaban J connectivity index is 0.00000228. The van der Waals surface area contributed by atoms with Crippen LogP contribution in [0.2, 0.25) is 0 Å². The molecule has 3 aromatic rings. The molecule has 1 atom stereocenters. The van der Waals surface area contributed by atoms with Crippen LogP contribution in [0.25, 0.3) is 0 Å². The largest absolute Gasteiger partial charge is 0.494 e. The van der Waals surface area contributed by atoms with Crippen molar-refractivity contribution in [3.8, 4) is 5.75 Å². The lowest BCUT2D eigenvalue weighted by Crippen LogP contribution is -2.29. The van der Waals surface area contributed by atoms with Crippen LogP contribution in [0, 0.1) is 0 Å². The number of halogens is 2. The molecule has 0 radical (unpaired) electrons. The summed E-state index contributed by atoms with van der Waals surface area (Å²) in [6.07, 6.45) is 7.84. The molecular formula is C26H35Cl2N5O3. The number of nitrogens with one attached hydrogen (secondary N) is 3. The van der Waals surface area contributed by atoms with Crippen molar-refractivity contribution < 1.29 is 4.74 Å². The van der Waals surface area contributed by atoms with Crippen LogP contribution in [0.5, 0.6) is 5.75 Å². The number of anilines is 1. The number of likely N-dealkylation sites (tertiary alicyclic amines) is 1. The number of aromatic amines is 2. The van der Waals surface area contributed by atoms with Gasteiger partial charge in [0.1, 0.15) is 5.75 Å². The molecule has 1 saturated heterocycles. The minimum absolute atomic E-state index is 0. The van der Waals surface area contributed by atoms with Gasteiger partial charge in [-0.25, -0.2) is 4.98 Å². The highest BCUT2D eigenvalue weighted by molar-refractivity contribution is 5.85. The number of hydrogen-bond acceptors (Lipinski definition) is 6. The van der Waals surface area contributed by atoms with Gasteiger partial charge >= 0.3 is 0 Å². The Morgan fingerprint density at radius 3 is 2.67 bits per heavy atom. The number of rotatable bonds is 10. The molecular weight excluding hydrogens is 501 g/mol. The maximum Gasteiger partial charge on any atom is 0.256 e. The Labute approximate surface area is 223 Å². The van der Waals surface area contributed by atoms with Gasteiger partial charge < -0.3 is 15.0 Å². The van der Waals surface area contributed by atoms with Crippen LogP contribution in [-0.4, -0.2) is 46.1 Å². The van der Waals surface area contributed by atoms with Gasteiger partial charge in [-0.1, -0.05) is 25.5 Å². The van der Waals surface area contributed by atoms with Crippen LogP contribution in [0.15, 0.2) is 58.4 Å². The molecule has 36 heavy (non-hydrogen) atoms. The lowest BCUT2D eigenvalue weighted by molar-refractivity contribution is 0.220. The molecule has 1 aliphatic rings. The fourth-order valence-corrected chi connectivity index (χ4v) is 4.29. The van der Waals surface area contributed by atoms with E-state index in [-0.39, 0.29) is 41.9 Å². The van der Waals surface area contributed by atoms with Gasteiger partial charge in [0.15, 0.2) is 0 Å². The van der Waals surface area contributed by atoms with Crippen LogP contribution in [-0.2, 0) is 6.54 Å². The quantitative estimate of drug-likeness (QED) is 0.334. The number of aromatic nitrogens is 3. The highest BCUT2D eigenvalue weighted by Crippen LogP contribution is 2.20. The minimum Gasteiger partial charge on any atom is -0.494 e. The van der Waals surface area contributed by atoms with E-state index in [1.165, 1.54) is 44.0 Å². The lowest BCUT2D eigenvalue weighted by atomic mass is 9.96. The molecule has 0 bridgehead atoms. The Morgan fingerprint density at radius 2 is 1.92 bits per heavy atom. The zero-order valence-corrected chi connectivity index (χ0v) is 22.1. The molecule has 1 aliphatic heterocycles. The summed E-state index contributed by atoms with van der Waals surface area (Å²) in [5, 5.41) is 3.14. The first kappa shape index (κ1) is 29.4. The third-order valence-corrected chi connectivity index (χ3v) is 6.23. The third kappa shape index (κ3) is 8.40. The Bertz CT molecular complexity index is 1190. The van der Waals surface area contributed by atoms with Crippen molar-refractivity contribution in [2.24, 2.45) is 0 Å². The summed E-state index contributed by atoms with van der Waals surface area (Å²) in [6.45, 7) is 6.42. The predicted molar refractivity (Wildman–Crippen MR) is 148 cm³/mol. The van der Waals surface area contributed by atoms with Gasteiger partial charge in [0, 0.05) is 43.0 Å². The van der Waals surface area contributed by atoms with Gasteiger partial charge in [0.2, 0.25) is 11.5 Å². The van der Waals surface area contributed by atoms with Gasteiger partial charge in [-0.3, -0.25) is 19.5 Å². The number of benzene rings is 1. The fourth-order valence-electron chi connectivity index (χ4n) is 4.29. The van der Waals surface area contributed by atoms with Crippen molar-refractivity contribution in [3.63, 3.8) is 0 Å². The molecule has 0 amide bonds. The van der Waals surface area contributed by atoms with E-state index in [1.54, 1.807) is 18.5 Å². The molecule has 2 aromatic heterocycles. The second kappa shape index (κ2) is 14.7. The standard InChI is InChI=1S/C26H33N5O3.2ClH/c1-19(21-9-11-27-24(32)16-21)23-17-29-26(30-25(23)33)28-10-6-14-34-22-8-5-7-20(15-22)18-31-12-3-2-4-13-31;;/h5,7-9,11,15-17,19H,2-4,6,10,12-14,18H2,1H3,(H,27,32)(H2,28,29,30,33);2*1H. The molecule has 8 nitrogen and oxygen atoms in total. The summed E-state index contributed by atoms with van der Waals surface area (Å²) in [5.41, 5.74) is 2.17. The monoisotopic (exact) mass is 535 g/mol. The summed E-state index contributed by atoms with van der Waals surface area (Å²) in [7, 11) is 0. The van der Waals surface area contributed by atoms with Gasteiger partial charge in [-0.15, -0.1) is 24.8 Å². The van der Waals surface area contributed by atoms with E-state index < -0.39 is 0 Å².